The number of benzene rings is 1. The van der Waals surface area contributed by atoms with Crippen molar-refractivity contribution in [3.05, 3.63) is 142 Å². The van der Waals surface area contributed by atoms with Gasteiger partial charge in [0, 0.05) is 85.1 Å². The van der Waals surface area contributed by atoms with E-state index in [0.717, 1.165) is 85.5 Å². The highest BCUT2D eigenvalue weighted by Crippen LogP contribution is 2.31. The Morgan fingerprint density at radius 2 is 2.00 bits per heavy atom. The molecular weight excluding hydrogens is 580 g/mol. The van der Waals surface area contributed by atoms with E-state index < -0.39 is 0 Å². The number of halogens is 1. The molecule has 0 spiro atoms. The smallest absolute Gasteiger partial charge is 0.185 e. The lowest BCUT2D eigenvalue weighted by Gasteiger charge is -2.27. The standard InChI is InChI=1S/C38H41ClN4O2/c1-4-35(43-20-9-18-40-19-21-43)23-32(22-33-24-37(45-38(33)27-44)29-13-15-34(39)16-14-29)28(2)42(3)26-31-10-6-5-7-12-36(31)30-11-8-17-41-25-30/h4-8,11-17,23-25,27,40H,1,9-10,18-22,26H2,2-3H3/b32-28+,35-23+. The van der Waals surface area contributed by atoms with Crippen LogP contribution in [0.4, 0.5) is 0 Å². The average Bonchev–Trinajstić information content (AvgIpc) is 3.21. The molecule has 5 rings (SSSR count). The number of carbonyl (C=O) groups is 1. The molecule has 1 aliphatic heterocycles. The number of hydrogen-bond acceptors (Lipinski definition) is 6. The van der Waals surface area contributed by atoms with E-state index in [1.54, 1.807) is 6.20 Å². The molecule has 1 N–H and O–H groups in total. The summed E-state index contributed by atoms with van der Waals surface area (Å²) in [7, 11) is 2.13. The Kier molecular flexibility index (Phi) is 11.1. The molecular formula is C38H41ClN4O2. The Bertz CT molecular complexity index is 1640. The lowest BCUT2D eigenvalue weighted by atomic mass is 9.98. The molecule has 1 aliphatic carbocycles. The summed E-state index contributed by atoms with van der Waals surface area (Å²) < 4.78 is 6.06. The number of nitrogens with zero attached hydrogens (tertiary/aromatic N) is 3. The van der Waals surface area contributed by atoms with Gasteiger partial charge in [-0.3, -0.25) is 9.78 Å². The number of aromatic nitrogens is 1. The minimum atomic E-state index is 0.334. The lowest BCUT2D eigenvalue weighted by molar-refractivity contribution is 0.110. The first-order chi connectivity index (χ1) is 22.0. The number of rotatable bonds is 11. The van der Waals surface area contributed by atoms with Gasteiger partial charge in [-0.25, -0.2) is 0 Å². The van der Waals surface area contributed by atoms with E-state index in [1.807, 2.05) is 48.7 Å². The molecule has 0 saturated carbocycles. The van der Waals surface area contributed by atoms with Gasteiger partial charge in [-0.1, -0.05) is 48.6 Å². The third-order valence-corrected chi connectivity index (χ3v) is 8.64. The molecule has 45 heavy (non-hydrogen) atoms. The molecule has 1 aromatic carbocycles. The van der Waals surface area contributed by atoms with E-state index in [1.165, 1.54) is 11.1 Å². The maximum atomic E-state index is 12.2. The number of carbonyl (C=O) groups excluding carboxylic acids is 1. The van der Waals surface area contributed by atoms with Crippen LogP contribution in [0, 0.1) is 0 Å². The fourth-order valence-corrected chi connectivity index (χ4v) is 5.90. The van der Waals surface area contributed by atoms with Crippen LogP contribution in [0.15, 0.2) is 125 Å². The summed E-state index contributed by atoms with van der Waals surface area (Å²) in [6, 6.07) is 13.5. The zero-order valence-electron chi connectivity index (χ0n) is 26.1. The highest BCUT2D eigenvalue weighted by Gasteiger charge is 2.19. The first-order valence-electron chi connectivity index (χ1n) is 15.5. The van der Waals surface area contributed by atoms with Gasteiger partial charge in [0.1, 0.15) is 5.76 Å². The van der Waals surface area contributed by atoms with Crippen molar-refractivity contribution < 1.29 is 9.21 Å². The van der Waals surface area contributed by atoms with E-state index in [0.29, 0.717) is 23.0 Å². The minimum Gasteiger partial charge on any atom is -0.453 e. The summed E-state index contributed by atoms with van der Waals surface area (Å²) in [5.41, 5.74) is 8.61. The van der Waals surface area contributed by atoms with Crippen molar-refractivity contribution in [3.8, 4) is 11.3 Å². The van der Waals surface area contributed by atoms with Crippen LogP contribution < -0.4 is 5.32 Å². The molecule has 0 bridgehead atoms. The molecule has 1 saturated heterocycles. The molecule has 1 fully saturated rings. The Balaban J connectivity index is 1.54. The summed E-state index contributed by atoms with van der Waals surface area (Å²) in [4.78, 5) is 21.3. The Hall–Kier alpha value is -4.39. The third kappa shape index (κ3) is 8.21. The maximum Gasteiger partial charge on any atom is 0.185 e. The molecule has 232 valence electrons. The highest BCUT2D eigenvalue weighted by molar-refractivity contribution is 6.30. The van der Waals surface area contributed by atoms with Gasteiger partial charge < -0.3 is 19.5 Å². The number of likely N-dealkylation sites (N-methyl/N-ethyl adjacent to an activating group) is 1. The summed E-state index contributed by atoms with van der Waals surface area (Å²) in [5.74, 6) is 0.977. The van der Waals surface area contributed by atoms with Gasteiger partial charge in [-0.15, -0.1) is 0 Å². The number of allylic oxidation sites excluding steroid dienone is 9. The monoisotopic (exact) mass is 620 g/mol. The van der Waals surface area contributed by atoms with Crippen molar-refractivity contribution in [2.24, 2.45) is 0 Å². The van der Waals surface area contributed by atoms with Gasteiger partial charge >= 0.3 is 0 Å². The summed E-state index contributed by atoms with van der Waals surface area (Å²) in [5, 5.41) is 4.14. The summed E-state index contributed by atoms with van der Waals surface area (Å²) in [6.07, 6.45) is 19.7. The lowest BCUT2D eigenvalue weighted by Crippen LogP contribution is -2.27. The van der Waals surface area contributed by atoms with E-state index in [9.17, 15) is 4.79 Å². The Morgan fingerprint density at radius 1 is 1.16 bits per heavy atom. The van der Waals surface area contributed by atoms with Crippen LogP contribution in [0.5, 0.6) is 0 Å². The molecule has 2 aliphatic rings. The predicted octanol–water partition coefficient (Wildman–Crippen LogP) is 7.89. The van der Waals surface area contributed by atoms with Crippen molar-refractivity contribution in [3.63, 3.8) is 0 Å². The number of furan rings is 1. The van der Waals surface area contributed by atoms with Crippen molar-refractivity contribution in [1.82, 2.24) is 20.1 Å². The molecule has 0 atom stereocenters. The Labute approximate surface area is 271 Å². The zero-order chi connectivity index (χ0) is 31.6. The van der Waals surface area contributed by atoms with Crippen molar-refractivity contribution in [2.75, 3.05) is 39.8 Å². The normalized spacial score (nSPS) is 16.2. The maximum absolute atomic E-state index is 12.2. The second-order valence-electron chi connectivity index (χ2n) is 11.4. The van der Waals surface area contributed by atoms with Crippen molar-refractivity contribution >= 4 is 23.5 Å². The quantitative estimate of drug-likeness (QED) is 0.174. The van der Waals surface area contributed by atoms with Gasteiger partial charge in [0.05, 0.1) is 0 Å². The largest absolute Gasteiger partial charge is 0.453 e. The van der Waals surface area contributed by atoms with Crippen LogP contribution in [0.2, 0.25) is 5.02 Å². The molecule has 6 nitrogen and oxygen atoms in total. The van der Waals surface area contributed by atoms with Crippen molar-refractivity contribution in [2.45, 2.75) is 26.2 Å². The third-order valence-electron chi connectivity index (χ3n) is 8.39. The number of aldehydes is 1. The number of hydrogen-bond donors (Lipinski definition) is 1. The van der Waals surface area contributed by atoms with Crippen LogP contribution in [-0.2, 0) is 6.42 Å². The van der Waals surface area contributed by atoms with Gasteiger partial charge in [0.25, 0.3) is 0 Å². The van der Waals surface area contributed by atoms with E-state index in [2.05, 4.69) is 77.1 Å². The topological polar surface area (TPSA) is 61.6 Å². The molecule has 0 radical (unpaired) electrons. The molecule has 0 amide bonds. The molecule has 3 heterocycles. The van der Waals surface area contributed by atoms with E-state index in [4.69, 9.17) is 16.0 Å². The highest BCUT2D eigenvalue weighted by atomic mass is 35.5. The van der Waals surface area contributed by atoms with Gasteiger partial charge in [0.2, 0.25) is 0 Å². The van der Waals surface area contributed by atoms with Crippen molar-refractivity contribution in [1.29, 1.82) is 0 Å². The van der Waals surface area contributed by atoms with E-state index >= 15 is 0 Å². The minimum absolute atomic E-state index is 0.334. The van der Waals surface area contributed by atoms with Crippen LogP contribution >= 0.6 is 11.6 Å². The fraction of sp³-hybridized carbons (Fsp3) is 0.263. The van der Waals surface area contributed by atoms with E-state index in [-0.39, 0.29) is 0 Å². The fourth-order valence-electron chi connectivity index (χ4n) is 5.78. The SMILES string of the molecule is C=C/C(=C\C(Cc1cc(-c2ccc(Cl)cc2)oc1C=O)=C(/C)N(C)CC1=C(c2cccnc2)C=CC=CC1)N1CCCNCC1. The number of nitrogens with one attached hydrogen (secondary N) is 1. The molecule has 3 aromatic rings. The first kappa shape index (κ1) is 32.0. The predicted molar refractivity (Wildman–Crippen MR) is 185 cm³/mol. The summed E-state index contributed by atoms with van der Waals surface area (Å²) in [6.45, 7) is 10.9. The second kappa shape index (κ2) is 15.6. The van der Waals surface area contributed by atoms with Crippen LogP contribution in [0.25, 0.3) is 16.9 Å². The Morgan fingerprint density at radius 3 is 2.76 bits per heavy atom. The van der Waals surface area contributed by atoms with Gasteiger partial charge in [-0.05, 0) is 91.6 Å². The second-order valence-corrected chi connectivity index (χ2v) is 11.8. The number of pyridine rings is 1. The first-order valence-corrected chi connectivity index (χ1v) is 15.8. The van der Waals surface area contributed by atoms with Gasteiger partial charge in [0.15, 0.2) is 12.0 Å². The van der Waals surface area contributed by atoms with Crippen LogP contribution in [0.3, 0.4) is 0 Å². The summed E-state index contributed by atoms with van der Waals surface area (Å²) >= 11 is 6.12. The molecule has 0 unspecified atom stereocenters. The van der Waals surface area contributed by atoms with Crippen LogP contribution in [-0.4, -0.2) is 60.8 Å². The van der Waals surface area contributed by atoms with Crippen LogP contribution in [0.1, 0.15) is 41.4 Å². The molecule has 7 heteroatoms. The molecule has 2 aromatic heterocycles. The zero-order valence-corrected chi connectivity index (χ0v) is 26.9. The van der Waals surface area contributed by atoms with Gasteiger partial charge in [-0.2, -0.15) is 0 Å². The average molecular weight is 621 g/mol.